The number of allylic oxidation sites excluding steroid dienone is 4. The van der Waals surface area contributed by atoms with Crippen LogP contribution in [0.4, 0.5) is 15.8 Å². The molecule has 274 valence electrons. The highest BCUT2D eigenvalue weighted by molar-refractivity contribution is 6.14. The maximum absolute atomic E-state index is 13.9. The largest absolute Gasteiger partial charge is 0.334 e. The summed E-state index contributed by atoms with van der Waals surface area (Å²) < 4.78 is 16.1. The summed E-state index contributed by atoms with van der Waals surface area (Å²) in [7, 11) is 0. The highest BCUT2D eigenvalue weighted by atomic mass is 19.1. The van der Waals surface area contributed by atoms with E-state index in [2.05, 4.69) is 169 Å². The average molecular weight is 737 g/mol. The second kappa shape index (κ2) is 13.2. The third-order valence-corrected chi connectivity index (χ3v) is 12.4. The fourth-order valence-corrected chi connectivity index (χ4v) is 9.90. The number of para-hydroxylation sites is 1. The third kappa shape index (κ3) is 5.22. The lowest BCUT2D eigenvalue weighted by Gasteiger charge is -2.33. The van der Waals surface area contributed by atoms with E-state index in [1.807, 2.05) is 12.1 Å². The van der Waals surface area contributed by atoms with Crippen molar-refractivity contribution in [3.8, 4) is 50.2 Å². The molecule has 0 saturated heterocycles. The third-order valence-electron chi connectivity index (χ3n) is 12.4. The second-order valence-corrected chi connectivity index (χ2v) is 15.6. The Kier molecular flexibility index (Phi) is 7.79. The Morgan fingerprint density at radius 3 is 2.07 bits per heavy atom. The summed E-state index contributed by atoms with van der Waals surface area (Å²) in [4.78, 5) is 2.52. The number of hydrogen-bond acceptors (Lipinski definition) is 1. The summed E-state index contributed by atoms with van der Waals surface area (Å²) in [5, 5.41) is 2.35. The van der Waals surface area contributed by atoms with Crippen LogP contribution < -0.4 is 4.90 Å². The smallest absolute Gasteiger partial charge is 0.123 e. The highest BCUT2D eigenvalue weighted by Crippen LogP contribution is 2.55. The zero-order chi connectivity index (χ0) is 38.2. The normalized spacial score (nSPS) is 15.0. The Balaban J connectivity index is 1.03. The van der Waals surface area contributed by atoms with Crippen LogP contribution in [0.25, 0.3) is 83.1 Å². The lowest BCUT2D eigenvalue weighted by molar-refractivity contribution is 0.627. The zero-order valence-electron chi connectivity index (χ0n) is 32.1. The van der Waals surface area contributed by atoms with Gasteiger partial charge >= 0.3 is 0 Å². The molecule has 3 aliphatic carbocycles. The number of aromatic nitrogens is 1. The average Bonchev–Trinajstić information content (AvgIpc) is 3.54. The molecule has 3 heteroatoms. The van der Waals surface area contributed by atoms with Crippen molar-refractivity contribution in [2.45, 2.75) is 39.2 Å². The topological polar surface area (TPSA) is 8.17 Å². The molecule has 1 atom stereocenters. The van der Waals surface area contributed by atoms with Gasteiger partial charge in [0.1, 0.15) is 5.82 Å². The van der Waals surface area contributed by atoms with Gasteiger partial charge in [-0.25, -0.2) is 4.39 Å². The second-order valence-electron chi connectivity index (χ2n) is 15.6. The number of fused-ring (bicyclic) bond motifs is 5. The first kappa shape index (κ1) is 33.6. The van der Waals surface area contributed by atoms with Gasteiger partial charge < -0.3 is 9.47 Å². The van der Waals surface area contributed by atoms with Crippen LogP contribution in [0.5, 0.6) is 0 Å². The van der Waals surface area contributed by atoms with Crippen molar-refractivity contribution in [2.75, 3.05) is 4.90 Å². The molecular weight excluding hydrogens is 696 g/mol. The molecule has 2 nitrogen and oxygen atoms in total. The highest BCUT2D eigenvalue weighted by Gasteiger charge is 2.31. The van der Waals surface area contributed by atoms with Gasteiger partial charge in [0, 0.05) is 27.8 Å². The van der Waals surface area contributed by atoms with Crippen LogP contribution in [-0.2, 0) is 0 Å². The van der Waals surface area contributed by atoms with E-state index in [9.17, 15) is 4.39 Å². The lowest BCUT2D eigenvalue weighted by atomic mass is 9.82. The summed E-state index contributed by atoms with van der Waals surface area (Å²) in [6.07, 6.45) is 12.1. The van der Waals surface area contributed by atoms with E-state index < -0.39 is 0 Å². The summed E-state index contributed by atoms with van der Waals surface area (Å²) in [5.74, 6) is -0.233. The fraction of sp³-hybridized carbons (Fsp3) is 0.111. The predicted octanol–water partition coefficient (Wildman–Crippen LogP) is 15.0. The zero-order valence-corrected chi connectivity index (χ0v) is 32.1. The predicted molar refractivity (Wildman–Crippen MR) is 239 cm³/mol. The van der Waals surface area contributed by atoms with Gasteiger partial charge in [0.15, 0.2) is 0 Å². The summed E-state index contributed by atoms with van der Waals surface area (Å²) in [5.41, 5.74) is 21.5. The van der Waals surface area contributed by atoms with Crippen LogP contribution in [0, 0.1) is 5.82 Å². The summed E-state index contributed by atoms with van der Waals surface area (Å²) in [6, 6.07) is 52.2. The minimum Gasteiger partial charge on any atom is -0.334 e. The summed E-state index contributed by atoms with van der Waals surface area (Å²) >= 11 is 0. The minimum atomic E-state index is -0.233. The van der Waals surface area contributed by atoms with Crippen molar-refractivity contribution in [3.05, 3.63) is 187 Å². The van der Waals surface area contributed by atoms with Gasteiger partial charge in [0.05, 0.1) is 17.1 Å². The number of halogens is 1. The van der Waals surface area contributed by atoms with E-state index in [0.717, 1.165) is 47.2 Å². The van der Waals surface area contributed by atoms with Gasteiger partial charge in [0.25, 0.3) is 0 Å². The molecule has 1 heterocycles. The lowest BCUT2D eigenvalue weighted by Crippen LogP contribution is -2.29. The quantitative estimate of drug-likeness (QED) is 0.158. The molecule has 1 aromatic heterocycles. The van der Waals surface area contributed by atoms with E-state index in [1.54, 1.807) is 0 Å². The maximum atomic E-state index is 13.9. The molecule has 11 rings (SSSR count). The van der Waals surface area contributed by atoms with Crippen molar-refractivity contribution in [1.29, 1.82) is 0 Å². The molecule has 57 heavy (non-hydrogen) atoms. The molecule has 7 aromatic carbocycles. The number of nitrogens with zero attached hydrogens (tertiary/aromatic N) is 2. The molecule has 6 bridgehead atoms. The van der Waals surface area contributed by atoms with Gasteiger partial charge in [-0.2, -0.15) is 0 Å². The van der Waals surface area contributed by atoms with E-state index in [4.69, 9.17) is 0 Å². The molecular formula is C54H41FN2. The van der Waals surface area contributed by atoms with E-state index in [1.165, 1.54) is 89.8 Å². The van der Waals surface area contributed by atoms with Gasteiger partial charge in [-0.15, -0.1) is 0 Å². The van der Waals surface area contributed by atoms with Gasteiger partial charge in [-0.3, -0.25) is 0 Å². The first-order chi connectivity index (χ1) is 28.1. The van der Waals surface area contributed by atoms with Crippen LogP contribution >= 0.6 is 0 Å². The Hall–Kier alpha value is -6.71. The van der Waals surface area contributed by atoms with Gasteiger partial charge in [-0.05, 0) is 153 Å². The Morgan fingerprint density at radius 1 is 0.596 bits per heavy atom. The molecule has 0 amide bonds. The molecule has 0 radical (unpaired) electrons. The Bertz CT molecular complexity index is 3010. The first-order valence-corrected chi connectivity index (χ1v) is 20.2. The molecule has 0 N–H and O–H groups in total. The number of rotatable bonds is 7. The first-order valence-electron chi connectivity index (χ1n) is 20.2. The SMILES string of the molecule is CCCC1=C(C)c2c3cccc2-c2cccc1c2-c1cc(N(c2ccc(-c4ccc5c(c4)c4ccccc4n5-c4ccc(F)cc4)cc2)C2C=CC=CC2)ccc1-3. The number of hydrogen-bond donors (Lipinski definition) is 0. The Labute approximate surface area is 333 Å². The standard InChI is InChI=1S/C54H41FN2/c1-3-11-42-34(2)53-46-16-10-17-47(53)48-18-9-15-45(42)54(48)50-33-41(29-30-43(46)50)56(38-12-5-4-6-13-38)39-25-20-35(21-26-39)36-22-31-52-49(32-36)44-14-7-8-19-51(44)57(52)40-27-23-37(55)24-28-40/h4-10,12,14-33,38H,3,11,13H2,1-2H3. The van der Waals surface area contributed by atoms with Crippen LogP contribution in [0.15, 0.2) is 170 Å². The van der Waals surface area contributed by atoms with Crippen molar-refractivity contribution in [2.24, 2.45) is 0 Å². The van der Waals surface area contributed by atoms with Crippen LogP contribution in [0.2, 0.25) is 0 Å². The van der Waals surface area contributed by atoms with Gasteiger partial charge in [-0.1, -0.05) is 117 Å². The van der Waals surface area contributed by atoms with E-state index in [-0.39, 0.29) is 11.9 Å². The summed E-state index contributed by atoms with van der Waals surface area (Å²) in [6.45, 7) is 4.63. The number of anilines is 2. The molecule has 0 aliphatic heterocycles. The van der Waals surface area contributed by atoms with Crippen molar-refractivity contribution >= 4 is 44.3 Å². The van der Waals surface area contributed by atoms with Crippen molar-refractivity contribution < 1.29 is 4.39 Å². The molecule has 3 aliphatic rings. The van der Waals surface area contributed by atoms with E-state index in [0.29, 0.717) is 0 Å². The molecule has 8 aromatic rings. The molecule has 1 unspecified atom stereocenters. The molecule has 0 spiro atoms. The molecule has 0 saturated carbocycles. The monoisotopic (exact) mass is 736 g/mol. The van der Waals surface area contributed by atoms with Crippen LogP contribution in [0.1, 0.15) is 44.2 Å². The fourth-order valence-electron chi connectivity index (χ4n) is 9.90. The van der Waals surface area contributed by atoms with Crippen molar-refractivity contribution in [1.82, 2.24) is 4.57 Å². The Morgan fingerprint density at radius 2 is 1.30 bits per heavy atom. The van der Waals surface area contributed by atoms with E-state index >= 15 is 0 Å². The van der Waals surface area contributed by atoms with Gasteiger partial charge in [0.2, 0.25) is 0 Å². The van der Waals surface area contributed by atoms with Crippen LogP contribution in [0.3, 0.4) is 0 Å². The minimum absolute atomic E-state index is 0.177. The maximum Gasteiger partial charge on any atom is 0.123 e. The van der Waals surface area contributed by atoms with Crippen molar-refractivity contribution in [3.63, 3.8) is 0 Å². The molecule has 0 fully saturated rings. The van der Waals surface area contributed by atoms with Crippen LogP contribution in [-0.4, -0.2) is 10.6 Å². The number of benzene rings is 7.